The third-order valence-electron chi connectivity index (χ3n) is 2.05. The summed E-state index contributed by atoms with van der Waals surface area (Å²) in [5.41, 5.74) is 6.30. The zero-order chi connectivity index (χ0) is 11.1. The normalized spacial score (nSPS) is 9.38. The van der Waals surface area contributed by atoms with Crippen molar-refractivity contribution in [3.8, 4) is 0 Å². The summed E-state index contributed by atoms with van der Waals surface area (Å²) >= 11 is 5.97. The van der Waals surface area contributed by atoms with E-state index in [0.717, 1.165) is 17.0 Å². The Labute approximate surface area is 107 Å². The average Bonchev–Trinajstić information content (AvgIpc) is 2.21. The highest BCUT2D eigenvalue weighted by Gasteiger charge is 2.01. The van der Waals surface area contributed by atoms with Gasteiger partial charge in [-0.2, -0.15) is 0 Å². The highest BCUT2D eigenvalue weighted by atomic mass is 35.5. The van der Waals surface area contributed by atoms with E-state index in [0.29, 0.717) is 19.5 Å². The lowest BCUT2D eigenvalue weighted by atomic mass is 10.1. The molecule has 0 heterocycles. The van der Waals surface area contributed by atoms with Gasteiger partial charge in [-0.15, -0.1) is 12.4 Å². The molecule has 1 aromatic carbocycles. The fourth-order valence-electron chi connectivity index (χ4n) is 1.26. The molecule has 0 bridgehead atoms. The Morgan fingerprint density at radius 1 is 1.38 bits per heavy atom. The first-order valence-corrected chi connectivity index (χ1v) is 5.32. The van der Waals surface area contributed by atoms with E-state index in [1.807, 2.05) is 24.3 Å². The quantitative estimate of drug-likeness (QED) is 0.850. The number of amides is 1. The second kappa shape index (κ2) is 8.39. The molecule has 16 heavy (non-hydrogen) atoms. The molecule has 0 spiro atoms. The van der Waals surface area contributed by atoms with Crippen LogP contribution in [-0.2, 0) is 11.2 Å². The van der Waals surface area contributed by atoms with Crippen molar-refractivity contribution < 1.29 is 4.79 Å². The molecule has 90 valence electrons. The van der Waals surface area contributed by atoms with Crippen LogP contribution in [-0.4, -0.2) is 19.0 Å². The molecule has 5 heteroatoms. The van der Waals surface area contributed by atoms with Crippen molar-refractivity contribution >= 4 is 29.9 Å². The first kappa shape index (κ1) is 15.2. The van der Waals surface area contributed by atoms with Gasteiger partial charge >= 0.3 is 0 Å². The fraction of sp³-hybridized carbons (Fsp3) is 0.364. The highest BCUT2D eigenvalue weighted by molar-refractivity contribution is 6.31. The van der Waals surface area contributed by atoms with Gasteiger partial charge < -0.3 is 11.1 Å². The molecule has 1 amide bonds. The van der Waals surface area contributed by atoms with Crippen LogP contribution in [0.3, 0.4) is 0 Å². The summed E-state index contributed by atoms with van der Waals surface area (Å²) in [6, 6.07) is 7.62. The van der Waals surface area contributed by atoms with Gasteiger partial charge in [-0.25, -0.2) is 0 Å². The van der Waals surface area contributed by atoms with E-state index in [1.54, 1.807) is 0 Å². The third-order valence-corrected chi connectivity index (χ3v) is 2.41. The summed E-state index contributed by atoms with van der Waals surface area (Å²) in [6.45, 7) is 0.987. The Bertz CT molecular complexity index is 332. The van der Waals surface area contributed by atoms with E-state index in [4.69, 9.17) is 17.3 Å². The molecule has 3 N–H and O–H groups in total. The Kier molecular flexibility index (Phi) is 7.99. The minimum absolute atomic E-state index is 0. The van der Waals surface area contributed by atoms with Crippen molar-refractivity contribution in [3.63, 3.8) is 0 Å². The van der Waals surface area contributed by atoms with Crippen LogP contribution in [0.2, 0.25) is 5.02 Å². The van der Waals surface area contributed by atoms with E-state index in [2.05, 4.69) is 5.32 Å². The molecular weight excluding hydrogens is 247 g/mol. The van der Waals surface area contributed by atoms with Gasteiger partial charge in [-0.1, -0.05) is 29.8 Å². The molecule has 0 unspecified atom stereocenters. The number of benzene rings is 1. The molecule has 0 atom stereocenters. The molecule has 1 rings (SSSR count). The van der Waals surface area contributed by atoms with Crippen molar-refractivity contribution in [3.05, 3.63) is 34.9 Å². The van der Waals surface area contributed by atoms with Gasteiger partial charge in [-0.05, 0) is 18.1 Å². The largest absolute Gasteiger partial charge is 0.356 e. The van der Waals surface area contributed by atoms with Gasteiger partial charge in [0.25, 0.3) is 0 Å². The predicted molar refractivity (Wildman–Crippen MR) is 69.1 cm³/mol. The minimum Gasteiger partial charge on any atom is -0.356 e. The van der Waals surface area contributed by atoms with E-state index in [-0.39, 0.29) is 18.3 Å². The number of hydrogen-bond donors (Lipinski definition) is 2. The monoisotopic (exact) mass is 262 g/mol. The molecule has 3 nitrogen and oxygen atoms in total. The smallest absolute Gasteiger partial charge is 0.221 e. The summed E-state index contributed by atoms with van der Waals surface area (Å²) in [5, 5.41) is 3.52. The van der Waals surface area contributed by atoms with Crippen LogP contribution in [0.25, 0.3) is 0 Å². The Balaban J connectivity index is 0.00000225. The summed E-state index contributed by atoms with van der Waals surface area (Å²) in [4.78, 5) is 11.1. The standard InChI is InChI=1S/C11H15ClN2O.ClH/c12-10-4-2-1-3-9(10)6-8-14-11(15)5-7-13;/h1-4H,5-8,13H2,(H,14,15);1H. The van der Waals surface area contributed by atoms with Crippen molar-refractivity contribution in [1.82, 2.24) is 5.32 Å². The van der Waals surface area contributed by atoms with Crippen molar-refractivity contribution in [2.75, 3.05) is 13.1 Å². The van der Waals surface area contributed by atoms with E-state index >= 15 is 0 Å². The van der Waals surface area contributed by atoms with Crippen LogP contribution in [0.15, 0.2) is 24.3 Å². The Morgan fingerprint density at radius 3 is 2.69 bits per heavy atom. The molecule has 0 radical (unpaired) electrons. The molecular formula is C11H16Cl2N2O. The van der Waals surface area contributed by atoms with Crippen molar-refractivity contribution in [2.45, 2.75) is 12.8 Å². The third kappa shape index (κ3) is 5.35. The highest BCUT2D eigenvalue weighted by Crippen LogP contribution is 2.14. The number of carbonyl (C=O) groups excluding carboxylic acids is 1. The van der Waals surface area contributed by atoms with E-state index in [1.165, 1.54) is 0 Å². The molecule has 0 fully saturated rings. The maximum Gasteiger partial charge on any atom is 0.221 e. The lowest BCUT2D eigenvalue weighted by Gasteiger charge is -2.05. The number of rotatable bonds is 5. The maximum absolute atomic E-state index is 11.1. The predicted octanol–water partition coefficient (Wildman–Crippen LogP) is 1.77. The number of halogens is 2. The number of carbonyl (C=O) groups is 1. The topological polar surface area (TPSA) is 55.1 Å². The maximum atomic E-state index is 11.1. The fourth-order valence-corrected chi connectivity index (χ4v) is 1.49. The van der Waals surface area contributed by atoms with Crippen LogP contribution >= 0.6 is 24.0 Å². The van der Waals surface area contributed by atoms with Gasteiger partial charge in [-0.3, -0.25) is 4.79 Å². The van der Waals surface area contributed by atoms with Crippen LogP contribution in [0.5, 0.6) is 0 Å². The van der Waals surface area contributed by atoms with E-state index < -0.39 is 0 Å². The molecule has 0 aromatic heterocycles. The minimum atomic E-state index is -0.00967. The molecule has 0 aliphatic carbocycles. The van der Waals surface area contributed by atoms with Crippen LogP contribution < -0.4 is 11.1 Å². The number of nitrogens with one attached hydrogen (secondary N) is 1. The van der Waals surface area contributed by atoms with Crippen molar-refractivity contribution in [1.29, 1.82) is 0 Å². The first-order valence-electron chi connectivity index (χ1n) is 4.94. The molecule has 0 aliphatic rings. The SMILES string of the molecule is Cl.NCCC(=O)NCCc1ccccc1Cl. The second-order valence-electron chi connectivity index (χ2n) is 3.23. The molecule has 0 saturated heterocycles. The van der Waals surface area contributed by atoms with Crippen molar-refractivity contribution in [2.24, 2.45) is 5.73 Å². The van der Waals surface area contributed by atoms with Gasteiger partial charge in [0, 0.05) is 24.5 Å². The van der Waals surface area contributed by atoms with Crippen LogP contribution in [0, 0.1) is 0 Å². The zero-order valence-electron chi connectivity index (χ0n) is 8.91. The summed E-state index contributed by atoms with van der Waals surface area (Å²) in [5.74, 6) is -0.00967. The summed E-state index contributed by atoms with van der Waals surface area (Å²) in [7, 11) is 0. The first-order chi connectivity index (χ1) is 7.24. The number of hydrogen-bond acceptors (Lipinski definition) is 2. The summed E-state index contributed by atoms with van der Waals surface area (Å²) in [6.07, 6.45) is 1.12. The van der Waals surface area contributed by atoms with Gasteiger partial charge in [0.2, 0.25) is 5.91 Å². The lowest BCUT2D eigenvalue weighted by Crippen LogP contribution is -2.27. The molecule has 0 saturated carbocycles. The van der Waals surface area contributed by atoms with Crippen LogP contribution in [0.4, 0.5) is 0 Å². The average molecular weight is 263 g/mol. The second-order valence-corrected chi connectivity index (χ2v) is 3.64. The molecule has 1 aromatic rings. The van der Waals surface area contributed by atoms with Gasteiger partial charge in [0.1, 0.15) is 0 Å². The zero-order valence-corrected chi connectivity index (χ0v) is 10.5. The van der Waals surface area contributed by atoms with Crippen LogP contribution in [0.1, 0.15) is 12.0 Å². The summed E-state index contributed by atoms with van der Waals surface area (Å²) < 4.78 is 0. The number of nitrogens with two attached hydrogens (primary N) is 1. The van der Waals surface area contributed by atoms with Gasteiger partial charge in [0.15, 0.2) is 0 Å². The molecule has 0 aliphatic heterocycles. The van der Waals surface area contributed by atoms with E-state index in [9.17, 15) is 4.79 Å². The lowest BCUT2D eigenvalue weighted by molar-refractivity contribution is -0.120. The Hall–Kier alpha value is -0.770. The Morgan fingerprint density at radius 2 is 2.06 bits per heavy atom. The van der Waals surface area contributed by atoms with Gasteiger partial charge in [0.05, 0.1) is 0 Å².